The van der Waals surface area contributed by atoms with Gasteiger partial charge in [0.05, 0.1) is 11.6 Å². The molecule has 3 N–H and O–H groups in total. The van der Waals surface area contributed by atoms with E-state index in [9.17, 15) is 9.90 Å². The highest BCUT2D eigenvalue weighted by atomic mass is 16.3. The molecule has 0 saturated heterocycles. The number of aliphatic hydroxyl groups is 1. The Hall–Kier alpha value is -1.39. The normalized spacial score (nSPS) is 31.4. The second-order valence-corrected chi connectivity index (χ2v) is 5.79. The van der Waals surface area contributed by atoms with Gasteiger partial charge in [0.25, 0.3) is 0 Å². The maximum absolute atomic E-state index is 12.1. The third kappa shape index (κ3) is 4.05. The first-order chi connectivity index (χ1) is 10.1. The molecule has 2 unspecified atom stereocenters. The Balaban J connectivity index is 2.20. The summed E-state index contributed by atoms with van der Waals surface area (Å²) in [5, 5.41) is 16.6. The van der Waals surface area contributed by atoms with E-state index >= 15 is 0 Å². The van der Waals surface area contributed by atoms with Crippen LogP contribution in [0.1, 0.15) is 39.5 Å². The lowest BCUT2D eigenvalue weighted by Crippen LogP contribution is -2.43. The van der Waals surface area contributed by atoms with Gasteiger partial charge in [-0.3, -0.25) is 4.79 Å². The molecular formula is C17H26N2O2. The van der Waals surface area contributed by atoms with E-state index in [1.54, 1.807) is 0 Å². The van der Waals surface area contributed by atoms with Gasteiger partial charge in [-0.15, -0.1) is 0 Å². The number of aliphatic hydroxyl groups excluding tert-OH is 1. The number of allylic oxidation sites excluding steroid dienone is 1. The average molecular weight is 290 g/mol. The molecule has 1 fully saturated rings. The van der Waals surface area contributed by atoms with Gasteiger partial charge in [-0.05, 0) is 38.0 Å². The number of carbonyl (C=O) groups is 1. The fourth-order valence-electron chi connectivity index (χ4n) is 2.99. The van der Waals surface area contributed by atoms with Gasteiger partial charge < -0.3 is 15.7 Å². The first kappa shape index (κ1) is 16.0. The number of hydrogen-bond donors (Lipinski definition) is 3. The molecule has 0 radical (unpaired) electrons. The molecule has 2 aliphatic rings. The van der Waals surface area contributed by atoms with Crippen molar-refractivity contribution in [2.75, 3.05) is 13.1 Å². The summed E-state index contributed by atoms with van der Waals surface area (Å²) in [6, 6.07) is 0. The molecule has 4 heteroatoms. The van der Waals surface area contributed by atoms with E-state index in [-0.39, 0.29) is 17.4 Å². The van der Waals surface area contributed by atoms with E-state index in [2.05, 4.69) is 42.7 Å². The number of nitrogens with one attached hydrogen (secondary N) is 2. The van der Waals surface area contributed by atoms with Crippen LogP contribution in [0.2, 0.25) is 0 Å². The van der Waals surface area contributed by atoms with Crippen molar-refractivity contribution in [3.05, 3.63) is 35.6 Å². The first-order valence-corrected chi connectivity index (χ1v) is 7.90. The monoisotopic (exact) mass is 290 g/mol. The van der Waals surface area contributed by atoms with Crippen LogP contribution in [0.4, 0.5) is 0 Å². The number of Topliss-reactive ketones (excluding diaryl/α,β-unsaturated/α-hetero) is 1. The molecule has 0 aromatic heterocycles. The summed E-state index contributed by atoms with van der Waals surface area (Å²) in [6.07, 6.45) is 10.3. The van der Waals surface area contributed by atoms with Crippen LogP contribution in [0.3, 0.4) is 0 Å². The molecule has 0 amide bonds. The lowest BCUT2D eigenvalue weighted by Gasteiger charge is -2.32. The minimum atomic E-state index is -0.381. The molecule has 2 rings (SSSR count). The van der Waals surface area contributed by atoms with Gasteiger partial charge in [-0.1, -0.05) is 25.2 Å². The summed E-state index contributed by atoms with van der Waals surface area (Å²) in [4.78, 5) is 12.1. The van der Waals surface area contributed by atoms with Crippen LogP contribution in [0.5, 0.6) is 0 Å². The van der Waals surface area contributed by atoms with Gasteiger partial charge in [-0.25, -0.2) is 0 Å². The van der Waals surface area contributed by atoms with Gasteiger partial charge in [-0.2, -0.15) is 0 Å². The lowest BCUT2D eigenvalue weighted by atomic mass is 9.83. The van der Waals surface area contributed by atoms with Gasteiger partial charge in [0.15, 0.2) is 5.78 Å². The van der Waals surface area contributed by atoms with E-state index in [0.717, 1.165) is 30.8 Å². The molecule has 2 atom stereocenters. The molecule has 21 heavy (non-hydrogen) atoms. The number of ketones is 1. The van der Waals surface area contributed by atoms with Crippen molar-refractivity contribution < 1.29 is 9.90 Å². The Morgan fingerprint density at radius 1 is 1.43 bits per heavy atom. The third-order valence-electron chi connectivity index (χ3n) is 4.06. The van der Waals surface area contributed by atoms with Crippen LogP contribution >= 0.6 is 0 Å². The van der Waals surface area contributed by atoms with E-state index in [0.29, 0.717) is 19.3 Å². The maximum Gasteiger partial charge on any atom is 0.158 e. The summed E-state index contributed by atoms with van der Waals surface area (Å²) < 4.78 is 0. The van der Waals surface area contributed by atoms with Gasteiger partial charge >= 0.3 is 0 Å². The van der Waals surface area contributed by atoms with Crippen LogP contribution < -0.4 is 10.6 Å². The minimum absolute atomic E-state index is 0.174. The minimum Gasteiger partial charge on any atom is -0.393 e. The maximum atomic E-state index is 12.1. The highest BCUT2D eigenvalue weighted by molar-refractivity contribution is 5.96. The molecule has 2 aliphatic carbocycles. The van der Waals surface area contributed by atoms with Crippen molar-refractivity contribution in [1.82, 2.24) is 10.6 Å². The average Bonchev–Trinajstić information content (AvgIpc) is 2.46. The van der Waals surface area contributed by atoms with E-state index in [4.69, 9.17) is 0 Å². The van der Waals surface area contributed by atoms with Gasteiger partial charge in [0.1, 0.15) is 0 Å². The number of hydrogen-bond acceptors (Lipinski definition) is 4. The zero-order valence-corrected chi connectivity index (χ0v) is 13.0. The Bertz CT molecular complexity index is 479. The highest BCUT2D eigenvalue weighted by Crippen LogP contribution is 2.28. The molecule has 4 nitrogen and oxygen atoms in total. The summed E-state index contributed by atoms with van der Waals surface area (Å²) in [5.41, 5.74) is 1.58. The first-order valence-electron chi connectivity index (χ1n) is 7.90. The zero-order chi connectivity index (χ0) is 15.3. The molecule has 0 aromatic carbocycles. The van der Waals surface area contributed by atoms with Crippen molar-refractivity contribution in [3.63, 3.8) is 0 Å². The van der Waals surface area contributed by atoms with Crippen LogP contribution in [0.15, 0.2) is 35.6 Å². The molecule has 0 aromatic rings. The second kappa shape index (κ2) is 7.05. The summed E-state index contributed by atoms with van der Waals surface area (Å²) in [5.74, 6) is 0.174. The van der Waals surface area contributed by atoms with Crippen LogP contribution in [-0.2, 0) is 4.79 Å². The molecule has 1 saturated carbocycles. The number of rotatable bonds is 5. The van der Waals surface area contributed by atoms with Crippen molar-refractivity contribution in [2.24, 2.45) is 0 Å². The van der Waals surface area contributed by atoms with Crippen molar-refractivity contribution in [2.45, 2.75) is 51.2 Å². The molecular weight excluding hydrogens is 264 g/mol. The highest BCUT2D eigenvalue weighted by Gasteiger charge is 2.29. The summed E-state index contributed by atoms with van der Waals surface area (Å²) in [6.45, 7) is 5.87. The zero-order valence-electron chi connectivity index (χ0n) is 13.0. The fourth-order valence-corrected chi connectivity index (χ4v) is 2.99. The van der Waals surface area contributed by atoms with Crippen LogP contribution in [-0.4, -0.2) is 35.6 Å². The lowest BCUT2D eigenvalue weighted by molar-refractivity contribution is -0.117. The summed E-state index contributed by atoms with van der Waals surface area (Å²) in [7, 11) is 0. The van der Waals surface area contributed by atoms with Crippen LogP contribution in [0.25, 0.3) is 0 Å². The summed E-state index contributed by atoms with van der Waals surface area (Å²) >= 11 is 0. The number of carbonyl (C=O) groups excluding carboxylic acids is 1. The van der Waals surface area contributed by atoms with Crippen molar-refractivity contribution in [3.8, 4) is 0 Å². The topological polar surface area (TPSA) is 61.4 Å². The fraction of sp³-hybridized carbons (Fsp3) is 0.588. The Kier molecular flexibility index (Phi) is 5.37. The van der Waals surface area contributed by atoms with E-state index in [1.165, 1.54) is 0 Å². The quantitative estimate of drug-likeness (QED) is 0.676. The molecule has 0 spiro atoms. The SMILES string of the molecule is CCNC1=CCC(C=C2CC(O)CCC2=O)(NCC)C=C1. The van der Waals surface area contributed by atoms with Gasteiger partial charge in [0.2, 0.25) is 0 Å². The van der Waals surface area contributed by atoms with E-state index < -0.39 is 0 Å². The number of likely N-dealkylation sites (N-methyl/N-ethyl adjacent to an activating group) is 2. The standard InChI is InChI=1S/C17H26N2O2/c1-3-18-14-7-9-17(10-8-14,19-4-2)12-13-11-15(20)5-6-16(13)21/h7-9,12,15,18-20H,3-6,10-11H2,1-2H3. The smallest absolute Gasteiger partial charge is 0.158 e. The van der Waals surface area contributed by atoms with Crippen molar-refractivity contribution >= 4 is 5.78 Å². The van der Waals surface area contributed by atoms with Crippen LogP contribution in [0, 0.1) is 0 Å². The van der Waals surface area contributed by atoms with Crippen molar-refractivity contribution in [1.29, 1.82) is 0 Å². The molecule has 116 valence electrons. The predicted octanol–water partition coefficient (Wildman–Crippen LogP) is 1.83. The predicted molar refractivity (Wildman–Crippen MR) is 84.9 cm³/mol. The Morgan fingerprint density at radius 3 is 2.86 bits per heavy atom. The largest absolute Gasteiger partial charge is 0.393 e. The Labute approximate surface area is 127 Å². The molecule has 0 bridgehead atoms. The molecule has 0 aliphatic heterocycles. The Morgan fingerprint density at radius 2 is 2.24 bits per heavy atom. The third-order valence-corrected chi connectivity index (χ3v) is 4.06. The molecule has 0 heterocycles. The van der Waals surface area contributed by atoms with E-state index in [1.807, 2.05) is 6.08 Å². The second-order valence-electron chi connectivity index (χ2n) is 5.79. The van der Waals surface area contributed by atoms with Gasteiger partial charge in [0, 0.05) is 25.1 Å².